The summed E-state index contributed by atoms with van der Waals surface area (Å²) in [6.07, 6.45) is 0.791. The number of ether oxygens (including phenoxy) is 3. The first-order chi connectivity index (χ1) is 12.6. The third-order valence-corrected chi connectivity index (χ3v) is 4.54. The quantitative estimate of drug-likeness (QED) is 0.831. The molecule has 0 unspecified atom stereocenters. The van der Waals surface area contributed by atoms with E-state index < -0.39 is 5.60 Å². The van der Waals surface area contributed by atoms with Gasteiger partial charge >= 0.3 is 6.09 Å². The third-order valence-electron chi connectivity index (χ3n) is 4.25. The van der Waals surface area contributed by atoms with Crippen LogP contribution in [0.4, 0.5) is 10.5 Å². The lowest BCUT2D eigenvalue weighted by molar-refractivity contribution is -0.121. The minimum absolute atomic E-state index is 0.127. The molecule has 1 heterocycles. The Labute approximate surface area is 164 Å². The van der Waals surface area contributed by atoms with Crippen molar-refractivity contribution in [3.05, 3.63) is 17.2 Å². The molecule has 0 spiro atoms. The summed E-state index contributed by atoms with van der Waals surface area (Å²) in [5.41, 5.74) is -0.0435. The van der Waals surface area contributed by atoms with E-state index in [0.29, 0.717) is 48.1 Å². The van der Waals surface area contributed by atoms with E-state index in [4.69, 9.17) is 25.8 Å². The Kier molecular flexibility index (Phi) is 6.81. The number of benzene rings is 1. The van der Waals surface area contributed by atoms with E-state index in [1.165, 1.54) is 14.2 Å². The van der Waals surface area contributed by atoms with Gasteiger partial charge in [-0.15, -0.1) is 0 Å². The fourth-order valence-electron chi connectivity index (χ4n) is 2.84. The Morgan fingerprint density at radius 1 is 1.11 bits per heavy atom. The molecule has 1 N–H and O–H groups in total. The number of likely N-dealkylation sites (tertiary alicyclic amines) is 1. The van der Waals surface area contributed by atoms with Crippen LogP contribution < -0.4 is 14.8 Å². The highest BCUT2D eigenvalue weighted by Gasteiger charge is 2.30. The molecule has 0 aliphatic carbocycles. The Bertz CT molecular complexity index is 694. The summed E-state index contributed by atoms with van der Waals surface area (Å²) in [6, 6.07) is 3.23. The van der Waals surface area contributed by atoms with Gasteiger partial charge in [-0.2, -0.15) is 0 Å². The predicted octanol–water partition coefficient (Wildman–Crippen LogP) is 3.94. The van der Waals surface area contributed by atoms with Gasteiger partial charge in [-0.1, -0.05) is 11.6 Å². The van der Waals surface area contributed by atoms with Crippen molar-refractivity contribution >= 4 is 29.3 Å². The van der Waals surface area contributed by atoms with E-state index >= 15 is 0 Å². The molecule has 0 bridgehead atoms. The van der Waals surface area contributed by atoms with Crippen LogP contribution in [0.2, 0.25) is 5.02 Å². The van der Waals surface area contributed by atoms with E-state index in [1.54, 1.807) is 17.0 Å². The number of hydrogen-bond acceptors (Lipinski definition) is 5. The standard InChI is InChI=1S/C19H27ClN2O5/c1-19(2,3)27-18(24)22-8-6-12(7-9-22)17(23)21-14-10-13(20)15(25-4)11-16(14)26-5/h10-12H,6-9H2,1-5H3,(H,21,23). The Balaban J connectivity index is 1.97. The molecule has 1 aliphatic rings. The number of nitrogens with zero attached hydrogens (tertiary/aromatic N) is 1. The van der Waals surface area contributed by atoms with Crippen molar-refractivity contribution in [2.24, 2.45) is 5.92 Å². The maximum atomic E-state index is 12.6. The van der Waals surface area contributed by atoms with Crippen molar-refractivity contribution in [3.63, 3.8) is 0 Å². The fourth-order valence-corrected chi connectivity index (χ4v) is 3.08. The van der Waals surface area contributed by atoms with Crippen molar-refractivity contribution in [3.8, 4) is 11.5 Å². The van der Waals surface area contributed by atoms with Crippen LogP contribution in [0, 0.1) is 5.92 Å². The molecule has 1 aliphatic heterocycles. The minimum atomic E-state index is -0.532. The molecule has 0 aromatic heterocycles. The second-order valence-corrected chi connectivity index (χ2v) is 7.83. The van der Waals surface area contributed by atoms with Crippen LogP contribution in [0.1, 0.15) is 33.6 Å². The minimum Gasteiger partial charge on any atom is -0.495 e. The molecule has 150 valence electrons. The first-order valence-electron chi connectivity index (χ1n) is 8.85. The normalized spacial score (nSPS) is 15.3. The molecule has 2 rings (SSSR count). The zero-order chi connectivity index (χ0) is 20.2. The number of hydrogen-bond donors (Lipinski definition) is 1. The first-order valence-corrected chi connectivity index (χ1v) is 9.22. The molecule has 1 aromatic rings. The number of methoxy groups -OCH3 is 2. The number of rotatable bonds is 4. The van der Waals surface area contributed by atoms with Gasteiger partial charge in [0, 0.05) is 25.1 Å². The van der Waals surface area contributed by atoms with Crippen LogP contribution in [-0.2, 0) is 9.53 Å². The zero-order valence-corrected chi connectivity index (χ0v) is 17.2. The first kappa shape index (κ1) is 21.2. The predicted molar refractivity (Wildman–Crippen MR) is 104 cm³/mol. The Morgan fingerprint density at radius 2 is 1.70 bits per heavy atom. The molecule has 8 heteroatoms. The monoisotopic (exact) mass is 398 g/mol. The summed E-state index contributed by atoms with van der Waals surface area (Å²) >= 11 is 6.14. The highest BCUT2D eigenvalue weighted by Crippen LogP contribution is 2.36. The topological polar surface area (TPSA) is 77.1 Å². The Hall–Kier alpha value is -2.15. The van der Waals surface area contributed by atoms with Crippen molar-refractivity contribution in [1.82, 2.24) is 4.90 Å². The summed E-state index contributed by atoms with van der Waals surface area (Å²) in [4.78, 5) is 26.4. The van der Waals surface area contributed by atoms with Crippen LogP contribution in [0.5, 0.6) is 11.5 Å². The molecule has 0 saturated carbocycles. The zero-order valence-electron chi connectivity index (χ0n) is 16.4. The molecule has 0 radical (unpaired) electrons. The van der Waals surface area contributed by atoms with Crippen molar-refractivity contribution in [1.29, 1.82) is 0 Å². The summed E-state index contributed by atoms with van der Waals surface area (Å²) in [5.74, 6) is 0.612. The molecule has 27 heavy (non-hydrogen) atoms. The number of amides is 2. The van der Waals surface area contributed by atoms with Gasteiger partial charge in [-0.25, -0.2) is 4.79 Å². The molecule has 1 aromatic carbocycles. The van der Waals surface area contributed by atoms with E-state index in [9.17, 15) is 9.59 Å². The molecule has 2 amide bonds. The second kappa shape index (κ2) is 8.69. The van der Waals surface area contributed by atoms with Gasteiger partial charge in [0.2, 0.25) is 5.91 Å². The summed E-state index contributed by atoms with van der Waals surface area (Å²) in [6.45, 7) is 6.45. The average molecular weight is 399 g/mol. The lowest BCUT2D eigenvalue weighted by atomic mass is 9.96. The molecular weight excluding hydrogens is 372 g/mol. The summed E-state index contributed by atoms with van der Waals surface area (Å²) in [5, 5.41) is 3.25. The molecule has 1 fully saturated rings. The lowest BCUT2D eigenvalue weighted by Crippen LogP contribution is -2.43. The third kappa shape index (κ3) is 5.66. The van der Waals surface area contributed by atoms with E-state index in [2.05, 4.69) is 5.32 Å². The van der Waals surface area contributed by atoms with Crippen LogP contribution >= 0.6 is 11.6 Å². The highest BCUT2D eigenvalue weighted by molar-refractivity contribution is 6.32. The van der Waals surface area contributed by atoms with E-state index in [0.717, 1.165) is 0 Å². The number of carbonyl (C=O) groups is 2. The van der Waals surface area contributed by atoms with Gasteiger partial charge in [0.15, 0.2) is 0 Å². The molecule has 1 saturated heterocycles. The maximum absolute atomic E-state index is 12.6. The van der Waals surface area contributed by atoms with Crippen LogP contribution in [-0.4, -0.2) is 49.8 Å². The van der Waals surface area contributed by atoms with Gasteiger partial charge in [-0.05, 0) is 39.7 Å². The summed E-state index contributed by atoms with van der Waals surface area (Å²) < 4.78 is 15.8. The second-order valence-electron chi connectivity index (χ2n) is 7.42. The Morgan fingerprint density at radius 3 is 2.22 bits per heavy atom. The van der Waals surface area contributed by atoms with Crippen LogP contribution in [0.3, 0.4) is 0 Å². The van der Waals surface area contributed by atoms with Gasteiger partial charge in [0.05, 0.1) is 24.9 Å². The SMILES string of the molecule is COc1cc(OC)c(NC(=O)C2CCN(C(=O)OC(C)(C)C)CC2)cc1Cl. The smallest absolute Gasteiger partial charge is 0.410 e. The van der Waals surface area contributed by atoms with Gasteiger partial charge in [0.1, 0.15) is 17.1 Å². The van der Waals surface area contributed by atoms with E-state index in [-0.39, 0.29) is 17.9 Å². The number of piperidine rings is 1. The lowest BCUT2D eigenvalue weighted by Gasteiger charge is -2.33. The number of halogens is 1. The van der Waals surface area contributed by atoms with Crippen molar-refractivity contribution < 1.29 is 23.8 Å². The molecule has 7 nitrogen and oxygen atoms in total. The number of nitrogens with one attached hydrogen (secondary N) is 1. The number of anilines is 1. The highest BCUT2D eigenvalue weighted by atomic mass is 35.5. The fraction of sp³-hybridized carbons (Fsp3) is 0.579. The van der Waals surface area contributed by atoms with Gasteiger partial charge < -0.3 is 24.4 Å². The van der Waals surface area contributed by atoms with Crippen LogP contribution in [0.15, 0.2) is 12.1 Å². The summed E-state index contributed by atoms with van der Waals surface area (Å²) in [7, 11) is 3.02. The van der Waals surface area contributed by atoms with Crippen molar-refractivity contribution in [2.45, 2.75) is 39.2 Å². The number of carbonyl (C=O) groups excluding carboxylic acids is 2. The van der Waals surface area contributed by atoms with Crippen molar-refractivity contribution in [2.75, 3.05) is 32.6 Å². The van der Waals surface area contributed by atoms with Gasteiger partial charge in [-0.3, -0.25) is 4.79 Å². The van der Waals surface area contributed by atoms with Gasteiger partial charge in [0.25, 0.3) is 0 Å². The maximum Gasteiger partial charge on any atom is 0.410 e. The molecular formula is C19H27ClN2O5. The van der Waals surface area contributed by atoms with Crippen LogP contribution in [0.25, 0.3) is 0 Å². The average Bonchev–Trinajstić information content (AvgIpc) is 2.60. The largest absolute Gasteiger partial charge is 0.495 e. The molecule has 0 atom stereocenters. The van der Waals surface area contributed by atoms with E-state index in [1.807, 2.05) is 20.8 Å².